The molecule has 35 heavy (non-hydrogen) atoms. The first-order chi connectivity index (χ1) is 16.8. The number of anilines is 3. The molecule has 1 aliphatic rings. The quantitative estimate of drug-likeness (QED) is 0.297. The zero-order chi connectivity index (χ0) is 24.7. The minimum absolute atomic E-state index is 0.213. The van der Waals surface area contributed by atoms with Gasteiger partial charge >= 0.3 is 0 Å². The molecule has 0 amide bonds. The second-order valence-electron chi connectivity index (χ2n) is 8.41. The van der Waals surface area contributed by atoms with Crippen molar-refractivity contribution in [1.29, 1.82) is 0 Å². The van der Waals surface area contributed by atoms with Crippen LogP contribution in [0.1, 0.15) is 30.3 Å². The van der Waals surface area contributed by atoms with Crippen LogP contribution in [0.2, 0.25) is 0 Å². The lowest BCUT2D eigenvalue weighted by Gasteiger charge is -2.38. The first-order valence-electron chi connectivity index (χ1n) is 11.1. The van der Waals surface area contributed by atoms with Crippen molar-refractivity contribution in [3.05, 3.63) is 70.5 Å². The first-order valence-corrected chi connectivity index (χ1v) is 11.1. The third-order valence-corrected chi connectivity index (χ3v) is 6.07. The van der Waals surface area contributed by atoms with Crippen LogP contribution in [-0.2, 0) is 0 Å². The molecule has 4 aromatic rings. The maximum atomic E-state index is 13.7. The zero-order valence-electron chi connectivity index (χ0n) is 19.0. The zero-order valence-corrected chi connectivity index (χ0v) is 19.0. The smallest absolute Gasteiger partial charge is 0.278 e. The summed E-state index contributed by atoms with van der Waals surface area (Å²) in [5, 5.41) is 23.4. The number of aryl methyl sites for hydroxylation is 1. The number of nitrogens with zero attached hydrogens (tertiary/aromatic N) is 5. The van der Waals surface area contributed by atoms with Crippen LogP contribution in [0, 0.1) is 6.92 Å². The van der Waals surface area contributed by atoms with Gasteiger partial charge in [0, 0.05) is 31.4 Å². The van der Waals surface area contributed by atoms with Crippen molar-refractivity contribution in [1.82, 2.24) is 29.5 Å². The molecule has 4 aromatic heterocycles. The lowest BCUT2D eigenvalue weighted by Crippen LogP contribution is -2.54. The van der Waals surface area contributed by atoms with Gasteiger partial charge in [0.2, 0.25) is 0 Å². The van der Waals surface area contributed by atoms with E-state index in [2.05, 4.69) is 31.0 Å². The number of aliphatic hydroxyl groups is 1. The van der Waals surface area contributed by atoms with E-state index in [0.29, 0.717) is 17.3 Å². The minimum Gasteiger partial charge on any atom is -0.374 e. The maximum absolute atomic E-state index is 13.7. The summed E-state index contributed by atoms with van der Waals surface area (Å²) in [5.74, 6) is -2.04. The summed E-state index contributed by atoms with van der Waals surface area (Å²) in [6.45, 7) is 1.86. The molecular formula is C23H24F2N8O2. The molecule has 0 radical (unpaired) electrons. The Hall–Kier alpha value is -3.90. The molecule has 0 saturated heterocycles. The molecule has 5 rings (SSSR count). The van der Waals surface area contributed by atoms with Crippen LogP contribution in [0.3, 0.4) is 0 Å². The van der Waals surface area contributed by atoms with Crippen molar-refractivity contribution in [2.75, 3.05) is 17.7 Å². The van der Waals surface area contributed by atoms with Gasteiger partial charge in [-0.2, -0.15) is 9.61 Å². The fraction of sp³-hybridized carbons (Fsp3) is 0.304. The highest BCUT2D eigenvalue weighted by molar-refractivity contribution is 5.65. The lowest BCUT2D eigenvalue weighted by atomic mass is 9.87. The molecule has 0 aliphatic heterocycles. The van der Waals surface area contributed by atoms with Crippen molar-refractivity contribution in [3.8, 4) is 5.69 Å². The van der Waals surface area contributed by atoms with Gasteiger partial charge in [-0.05, 0) is 37.6 Å². The third-order valence-electron chi connectivity index (χ3n) is 6.07. The molecule has 1 saturated carbocycles. The van der Waals surface area contributed by atoms with Gasteiger partial charge in [0.15, 0.2) is 5.65 Å². The monoisotopic (exact) mass is 482 g/mol. The number of pyridine rings is 2. The van der Waals surface area contributed by atoms with Gasteiger partial charge in [0.05, 0.1) is 29.7 Å². The summed E-state index contributed by atoms with van der Waals surface area (Å²) < 4.78 is 30.3. The molecule has 0 bridgehead atoms. The molecule has 0 spiro atoms. The number of alkyl halides is 2. The topological polar surface area (TPSA) is 121 Å². The molecule has 4 N–H and O–H groups in total. The number of halogens is 2. The SMILES string of the molecule is CNc1cc(Nc2cccn(-c3ccc(C)nc3)c2=O)nc2c(C(O)N[C@H]3CCC3(F)F)cnn12. The first kappa shape index (κ1) is 22.9. The van der Waals surface area contributed by atoms with Gasteiger partial charge in [-0.25, -0.2) is 13.8 Å². The average Bonchev–Trinajstić information content (AvgIpc) is 3.27. The maximum Gasteiger partial charge on any atom is 0.278 e. The highest BCUT2D eigenvalue weighted by atomic mass is 19.3. The van der Waals surface area contributed by atoms with Crippen LogP contribution in [-0.4, -0.2) is 48.3 Å². The molecule has 0 aromatic carbocycles. The molecular weight excluding hydrogens is 458 g/mol. The normalized spacial score (nSPS) is 17.7. The number of hydrogen-bond acceptors (Lipinski definition) is 8. The molecule has 4 heterocycles. The number of fused-ring (bicyclic) bond motifs is 1. The van der Waals surface area contributed by atoms with Crippen LogP contribution in [0.5, 0.6) is 0 Å². The van der Waals surface area contributed by atoms with Crippen molar-refractivity contribution in [2.45, 2.75) is 38.0 Å². The van der Waals surface area contributed by atoms with Gasteiger partial charge in [-0.1, -0.05) is 0 Å². The van der Waals surface area contributed by atoms with E-state index in [1.807, 2.05) is 13.0 Å². The van der Waals surface area contributed by atoms with Gasteiger partial charge < -0.3 is 15.7 Å². The summed E-state index contributed by atoms with van der Waals surface area (Å²) in [6.07, 6.45) is 3.30. The van der Waals surface area contributed by atoms with Crippen molar-refractivity contribution < 1.29 is 13.9 Å². The number of nitrogens with one attached hydrogen (secondary N) is 3. The van der Waals surface area contributed by atoms with Crippen LogP contribution >= 0.6 is 0 Å². The number of hydrogen-bond donors (Lipinski definition) is 4. The van der Waals surface area contributed by atoms with E-state index in [1.165, 1.54) is 15.3 Å². The largest absolute Gasteiger partial charge is 0.374 e. The molecule has 1 aliphatic carbocycles. The Morgan fingerprint density at radius 1 is 1.26 bits per heavy atom. The van der Waals surface area contributed by atoms with E-state index >= 15 is 0 Å². The third kappa shape index (κ3) is 4.21. The van der Waals surface area contributed by atoms with Crippen LogP contribution < -0.4 is 21.5 Å². The molecule has 10 nitrogen and oxygen atoms in total. The molecule has 1 unspecified atom stereocenters. The van der Waals surface area contributed by atoms with Crippen LogP contribution in [0.4, 0.5) is 26.1 Å². The number of aromatic nitrogens is 5. The lowest BCUT2D eigenvalue weighted by molar-refractivity contribution is -0.119. The Morgan fingerprint density at radius 3 is 2.74 bits per heavy atom. The Labute approximate surface area is 198 Å². The van der Waals surface area contributed by atoms with Gasteiger partial charge in [-0.3, -0.25) is 19.7 Å². The van der Waals surface area contributed by atoms with E-state index < -0.39 is 18.2 Å². The molecule has 182 valence electrons. The predicted molar refractivity (Wildman–Crippen MR) is 126 cm³/mol. The molecule has 1 fully saturated rings. The van der Waals surface area contributed by atoms with Gasteiger partial charge in [0.25, 0.3) is 11.5 Å². The Bertz CT molecular complexity index is 1430. The van der Waals surface area contributed by atoms with E-state index in [-0.39, 0.29) is 35.3 Å². The fourth-order valence-corrected chi connectivity index (χ4v) is 3.94. The van der Waals surface area contributed by atoms with Gasteiger partial charge in [-0.15, -0.1) is 0 Å². The van der Waals surface area contributed by atoms with Crippen molar-refractivity contribution in [3.63, 3.8) is 0 Å². The Kier molecular flexibility index (Phi) is 5.69. The van der Waals surface area contributed by atoms with Gasteiger partial charge in [0.1, 0.15) is 23.6 Å². The van der Waals surface area contributed by atoms with E-state index in [9.17, 15) is 18.7 Å². The predicted octanol–water partition coefficient (Wildman–Crippen LogP) is 2.75. The summed E-state index contributed by atoms with van der Waals surface area (Å²) >= 11 is 0. The summed E-state index contributed by atoms with van der Waals surface area (Å²) in [7, 11) is 1.68. The van der Waals surface area contributed by atoms with Crippen LogP contribution in [0.15, 0.2) is 53.7 Å². The Morgan fingerprint density at radius 2 is 2.09 bits per heavy atom. The highest BCUT2D eigenvalue weighted by Gasteiger charge is 2.49. The second-order valence-corrected chi connectivity index (χ2v) is 8.41. The minimum atomic E-state index is -2.86. The molecule has 2 atom stereocenters. The van der Waals surface area contributed by atoms with Crippen molar-refractivity contribution in [2.24, 2.45) is 0 Å². The van der Waals surface area contributed by atoms with E-state index in [0.717, 1.165) is 5.69 Å². The second kappa shape index (κ2) is 8.71. The Balaban J connectivity index is 1.48. The number of rotatable bonds is 7. The number of aliphatic hydroxyl groups excluding tert-OH is 1. The average molecular weight is 482 g/mol. The standard InChI is InChI=1S/C23H24F2N8O2/c1-13-5-6-14(11-27-13)32-9-3-4-16(22(32)35)29-18-10-19(26-2)33-20(31-18)15(12-28-33)21(34)30-17-7-8-23(17,24)25/h3-6,9-12,17,21,26,30,34H,7-8H2,1-2H3,(H,29,31)/t17-,21?/m0/s1. The van der Waals surface area contributed by atoms with Crippen LogP contribution in [0.25, 0.3) is 11.3 Å². The van der Waals surface area contributed by atoms with Crippen molar-refractivity contribution >= 4 is 23.0 Å². The molecule has 12 heteroatoms. The summed E-state index contributed by atoms with van der Waals surface area (Å²) in [6, 6.07) is 7.49. The highest BCUT2D eigenvalue weighted by Crippen LogP contribution is 2.38. The summed E-state index contributed by atoms with van der Waals surface area (Å²) in [4.78, 5) is 21.9. The summed E-state index contributed by atoms with van der Waals surface area (Å²) in [5.41, 5.74) is 1.89. The fourth-order valence-electron chi connectivity index (χ4n) is 3.94. The van der Waals surface area contributed by atoms with E-state index in [4.69, 9.17) is 0 Å². The van der Waals surface area contributed by atoms with E-state index in [1.54, 1.807) is 43.7 Å².